The second kappa shape index (κ2) is 5.01. The van der Waals surface area contributed by atoms with Gasteiger partial charge in [0.1, 0.15) is 10.8 Å². The number of carbonyl (C=O) groups is 1. The Labute approximate surface area is 104 Å². The molecule has 0 aliphatic rings. The summed E-state index contributed by atoms with van der Waals surface area (Å²) in [5, 5.41) is 0.418. The highest BCUT2D eigenvalue weighted by atomic mass is 35.5. The highest BCUT2D eigenvalue weighted by Crippen LogP contribution is 2.22. The van der Waals surface area contributed by atoms with Crippen LogP contribution in [0.15, 0.2) is 30.6 Å². The molecule has 4 nitrogen and oxygen atoms in total. The van der Waals surface area contributed by atoms with Crippen LogP contribution in [0.5, 0.6) is 0 Å². The second-order valence-corrected chi connectivity index (χ2v) is 3.78. The van der Waals surface area contributed by atoms with Gasteiger partial charge in [0, 0.05) is 18.0 Å². The van der Waals surface area contributed by atoms with Gasteiger partial charge in [0.2, 0.25) is 0 Å². The van der Waals surface area contributed by atoms with Crippen molar-refractivity contribution in [3.05, 3.63) is 41.4 Å². The van der Waals surface area contributed by atoms with Gasteiger partial charge in [-0.1, -0.05) is 11.6 Å². The summed E-state index contributed by atoms with van der Waals surface area (Å²) in [5.41, 5.74) is 2.20. The molecule has 0 fully saturated rings. The highest BCUT2D eigenvalue weighted by molar-refractivity contribution is 6.29. The quantitative estimate of drug-likeness (QED) is 0.673. The Hall–Kier alpha value is -1.81. The fourth-order valence-electron chi connectivity index (χ4n) is 1.47. The molecule has 17 heavy (non-hydrogen) atoms. The molecule has 0 aromatic carbocycles. The number of aromatic nitrogens is 2. The number of nitrogens with one attached hydrogen (secondary N) is 1. The van der Waals surface area contributed by atoms with Crippen LogP contribution in [-0.4, -0.2) is 22.5 Å². The first kappa shape index (κ1) is 11.7. The number of hydrogen-bond donors (Lipinski definition) is 1. The van der Waals surface area contributed by atoms with Crippen molar-refractivity contribution in [1.29, 1.82) is 0 Å². The Balaban J connectivity index is 2.27. The van der Waals surface area contributed by atoms with Crippen LogP contribution in [0.2, 0.25) is 5.15 Å². The van der Waals surface area contributed by atoms with Crippen LogP contribution >= 0.6 is 11.6 Å². The summed E-state index contributed by atoms with van der Waals surface area (Å²) >= 11 is 5.80. The van der Waals surface area contributed by atoms with Crippen LogP contribution in [0.3, 0.4) is 0 Å². The molecule has 88 valence electrons. The van der Waals surface area contributed by atoms with Crippen LogP contribution in [0.1, 0.15) is 17.4 Å². The van der Waals surface area contributed by atoms with Crippen molar-refractivity contribution in [2.45, 2.75) is 6.92 Å². The van der Waals surface area contributed by atoms with E-state index in [9.17, 15) is 4.79 Å². The third-order valence-electron chi connectivity index (χ3n) is 2.24. The molecule has 0 saturated heterocycles. The van der Waals surface area contributed by atoms with Crippen molar-refractivity contribution in [1.82, 2.24) is 9.97 Å². The molecule has 0 radical (unpaired) electrons. The predicted molar refractivity (Wildman–Crippen MR) is 65.0 cm³/mol. The Morgan fingerprint density at radius 2 is 2.29 bits per heavy atom. The normalized spacial score (nSPS) is 10.2. The van der Waals surface area contributed by atoms with Crippen molar-refractivity contribution in [2.75, 3.05) is 6.61 Å². The molecule has 0 unspecified atom stereocenters. The maximum atomic E-state index is 11.5. The maximum absolute atomic E-state index is 11.5. The summed E-state index contributed by atoms with van der Waals surface area (Å²) < 4.78 is 4.89. The van der Waals surface area contributed by atoms with E-state index in [0.29, 0.717) is 17.5 Å². The van der Waals surface area contributed by atoms with Gasteiger partial charge in [-0.05, 0) is 30.7 Å². The van der Waals surface area contributed by atoms with Gasteiger partial charge in [-0.25, -0.2) is 9.78 Å². The first-order chi connectivity index (χ1) is 8.20. The smallest absolute Gasteiger partial charge is 0.354 e. The number of aromatic amines is 1. The van der Waals surface area contributed by atoms with E-state index in [2.05, 4.69) is 9.97 Å². The van der Waals surface area contributed by atoms with Gasteiger partial charge >= 0.3 is 5.97 Å². The molecular weight excluding hydrogens is 240 g/mol. The average molecular weight is 251 g/mol. The SMILES string of the molecule is CCOC(=O)c1cc(-c2ccnc(Cl)c2)c[nH]1. The van der Waals surface area contributed by atoms with Crippen LogP contribution < -0.4 is 0 Å². The molecule has 1 N–H and O–H groups in total. The Morgan fingerprint density at radius 3 is 3.00 bits per heavy atom. The number of halogens is 1. The molecule has 2 aromatic heterocycles. The molecule has 2 rings (SSSR count). The Bertz CT molecular complexity index is 537. The van der Waals surface area contributed by atoms with Crippen molar-refractivity contribution in [2.24, 2.45) is 0 Å². The molecule has 0 atom stereocenters. The van der Waals surface area contributed by atoms with E-state index in [-0.39, 0.29) is 5.97 Å². The van der Waals surface area contributed by atoms with Gasteiger partial charge in [0.05, 0.1) is 6.61 Å². The van der Waals surface area contributed by atoms with Crippen LogP contribution in [0.4, 0.5) is 0 Å². The van der Waals surface area contributed by atoms with Crippen LogP contribution in [0.25, 0.3) is 11.1 Å². The van der Waals surface area contributed by atoms with E-state index in [0.717, 1.165) is 11.1 Å². The van der Waals surface area contributed by atoms with Gasteiger partial charge in [-0.15, -0.1) is 0 Å². The number of H-pyrrole nitrogens is 1. The molecule has 2 aromatic rings. The van der Waals surface area contributed by atoms with Crippen LogP contribution in [-0.2, 0) is 4.74 Å². The largest absolute Gasteiger partial charge is 0.461 e. The lowest BCUT2D eigenvalue weighted by Crippen LogP contribution is -2.04. The maximum Gasteiger partial charge on any atom is 0.354 e. The molecule has 0 aliphatic carbocycles. The van der Waals surface area contributed by atoms with Gasteiger partial charge in [0.15, 0.2) is 0 Å². The summed E-state index contributed by atoms with van der Waals surface area (Å²) in [6, 6.07) is 5.29. The van der Waals surface area contributed by atoms with E-state index in [1.807, 2.05) is 6.07 Å². The summed E-state index contributed by atoms with van der Waals surface area (Å²) in [5.74, 6) is -0.362. The first-order valence-corrected chi connectivity index (χ1v) is 5.56. The fraction of sp³-hybridized carbons (Fsp3) is 0.167. The highest BCUT2D eigenvalue weighted by Gasteiger charge is 2.10. The minimum atomic E-state index is -0.362. The first-order valence-electron chi connectivity index (χ1n) is 5.18. The summed E-state index contributed by atoms with van der Waals surface area (Å²) in [7, 11) is 0. The van der Waals surface area contributed by atoms with Crippen molar-refractivity contribution in [3.63, 3.8) is 0 Å². The van der Waals surface area contributed by atoms with Gasteiger partial charge in [0.25, 0.3) is 0 Å². The zero-order valence-corrected chi connectivity index (χ0v) is 9.99. The van der Waals surface area contributed by atoms with E-state index in [4.69, 9.17) is 16.3 Å². The van der Waals surface area contributed by atoms with E-state index in [1.165, 1.54) is 0 Å². The number of ether oxygens (including phenoxy) is 1. The average Bonchev–Trinajstić information content (AvgIpc) is 2.78. The van der Waals surface area contributed by atoms with E-state index >= 15 is 0 Å². The van der Waals surface area contributed by atoms with E-state index < -0.39 is 0 Å². The molecule has 0 spiro atoms. The van der Waals surface area contributed by atoms with Crippen molar-refractivity contribution >= 4 is 17.6 Å². The lowest BCUT2D eigenvalue weighted by molar-refractivity contribution is 0.0520. The third-order valence-corrected chi connectivity index (χ3v) is 2.44. The Kier molecular flexibility index (Phi) is 3.44. The summed E-state index contributed by atoms with van der Waals surface area (Å²) in [4.78, 5) is 18.2. The number of rotatable bonds is 3. The van der Waals surface area contributed by atoms with Gasteiger partial charge in [-0.2, -0.15) is 0 Å². The number of hydrogen-bond acceptors (Lipinski definition) is 3. The Morgan fingerprint density at radius 1 is 1.47 bits per heavy atom. The van der Waals surface area contributed by atoms with Crippen molar-refractivity contribution < 1.29 is 9.53 Å². The number of nitrogens with zero attached hydrogens (tertiary/aromatic N) is 1. The molecule has 0 bridgehead atoms. The molecule has 0 amide bonds. The molecular formula is C12H11ClN2O2. The van der Waals surface area contributed by atoms with E-state index in [1.54, 1.807) is 31.5 Å². The molecule has 2 heterocycles. The number of esters is 1. The van der Waals surface area contributed by atoms with Crippen molar-refractivity contribution in [3.8, 4) is 11.1 Å². The fourth-order valence-corrected chi connectivity index (χ4v) is 1.64. The third kappa shape index (κ3) is 2.65. The minimum Gasteiger partial charge on any atom is -0.461 e. The number of pyridine rings is 1. The summed E-state index contributed by atoms with van der Waals surface area (Å²) in [6.45, 7) is 2.12. The predicted octanol–water partition coefficient (Wildman–Crippen LogP) is 2.91. The molecule has 0 saturated carbocycles. The topological polar surface area (TPSA) is 55.0 Å². The van der Waals surface area contributed by atoms with Crippen LogP contribution in [0, 0.1) is 0 Å². The molecule has 0 aliphatic heterocycles. The summed E-state index contributed by atoms with van der Waals surface area (Å²) in [6.07, 6.45) is 3.35. The second-order valence-electron chi connectivity index (χ2n) is 3.39. The van der Waals surface area contributed by atoms with Gasteiger partial charge < -0.3 is 9.72 Å². The monoisotopic (exact) mass is 250 g/mol. The minimum absolute atomic E-state index is 0.355. The lowest BCUT2D eigenvalue weighted by Gasteiger charge is -1.98. The van der Waals surface area contributed by atoms with Gasteiger partial charge in [-0.3, -0.25) is 0 Å². The standard InChI is InChI=1S/C12H11ClN2O2/c1-2-17-12(16)10-5-9(7-15-10)8-3-4-14-11(13)6-8/h3-7,15H,2H2,1H3. The number of carbonyl (C=O) groups excluding carboxylic acids is 1. The molecule has 5 heteroatoms. The zero-order chi connectivity index (χ0) is 12.3. The lowest BCUT2D eigenvalue weighted by atomic mass is 10.1. The zero-order valence-electron chi connectivity index (χ0n) is 9.24.